The summed E-state index contributed by atoms with van der Waals surface area (Å²) in [5.41, 5.74) is 2.37. The Bertz CT molecular complexity index is 1150. The number of carbonyl (C=O) groups excluding carboxylic acids is 1. The van der Waals surface area contributed by atoms with Crippen molar-refractivity contribution >= 4 is 17.5 Å². The minimum absolute atomic E-state index is 0.00828. The highest BCUT2D eigenvalue weighted by atomic mass is 35.5. The van der Waals surface area contributed by atoms with Gasteiger partial charge in [0, 0.05) is 24.3 Å². The molecule has 212 valence electrons. The third-order valence-corrected chi connectivity index (χ3v) is 9.39. The van der Waals surface area contributed by atoms with Gasteiger partial charge in [0.25, 0.3) is 0 Å². The van der Waals surface area contributed by atoms with Gasteiger partial charge in [0.2, 0.25) is 5.91 Å². The standard InChI is InChI=1S/C32H42ClNO5/c1-20(2)39-29-19-27-22(17-28(29)37-4)18-30(35)34(31(27)21-5-9-25(33)10-6-21)26-11-7-23(8-12-26)32(3,36)24-13-15-38-16-14-24/h5-6,9-10,17,19-20,23-24,26,31,36H,7-8,11-16,18H2,1-4H3/t23?,26?,31?,32-/m1/s1. The number of methoxy groups -OCH3 is 1. The number of hydrogen-bond donors (Lipinski definition) is 1. The molecule has 0 bridgehead atoms. The van der Waals surface area contributed by atoms with E-state index in [0.29, 0.717) is 22.9 Å². The van der Waals surface area contributed by atoms with E-state index in [4.69, 9.17) is 25.8 Å². The number of nitrogens with zero attached hydrogens (tertiary/aromatic N) is 1. The van der Waals surface area contributed by atoms with Gasteiger partial charge in [-0.25, -0.2) is 0 Å². The molecule has 1 saturated heterocycles. The van der Waals surface area contributed by atoms with Crippen LogP contribution in [0.2, 0.25) is 5.02 Å². The fourth-order valence-electron chi connectivity index (χ4n) is 7.03. The van der Waals surface area contributed by atoms with E-state index >= 15 is 0 Å². The summed E-state index contributed by atoms with van der Waals surface area (Å²) in [7, 11) is 1.64. The van der Waals surface area contributed by atoms with E-state index in [1.54, 1.807) is 7.11 Å². The summed E-state index contributed by atoms with van der Waals surface area (Å²) in [6, 6.07) is 11.7. The molecule has 2 heterocycles. The van der Waals surface area contributed by atoms with Crippen LogP contribution in [0.5, 0.6) is 11.5 Å². The van der Waals surface area contributed by atoms with Crippen molar-refractivity contribution in [3.63, 3.8) is 0 Å². The predicted molar refractivity (Wildman–Crippen MR) is 153 cm³/mol. The zero-order chi connectivity index (χ0) is 27.7. The van der Waals surface area contributed by atoms with Gasteiger partial charge in [-0.2, -0.15) is 0 Å². The van der Waals surface area contributed by atoms with E-state index in [1.165, 1.54) is 0 Å². The molecular formula is C32H42ClNO5. The van der Waals surface area contributed by atoms with Crippen LogP contribution in [0, 0.1) is 11.8 Å². The summed E-state index contributed by atoms with van der Waals surface area (Å²) < 4.78 is 17.3. The zero-order valence-corrected chi connectivity index (χ0v) is 24.4. The number of ether oxygens (including phenoxy) is 3. The van der Waals surface area contributed by atoms with Crippen LogP contribution in [0.25, 0.3) is 0 Å². The summed E-state index contributed by atoms with van der Waals surface area (Å²) in [6.45, 7) is 7.48. The molecule has 1 N–H and O–H groups in total. The van der Waals surface area contributed by atoms with E-state index in [9.17, 15) is 9.90 Å². The maximum atomic E-state index is 13.9. The van der Waals surface area contributed by atoms with E-state index < -0.39 is 5.60 Å². The number of benzene rings is 2. The minimum atomic E-state index is -0.706. The van der Waals surface area contributed by atoms with Crippen LogP contribution in [0.15, 0.2) is 36.4 Å². The Kier molecular flexibility index (Phi) is 8.46. The van der Waals surface area contributed by atoms with E-state index in [1.807, 2.05) is 51.1 Å². The van der Waals surface area contributed by atoms with Crippen molar-refractivity contribution in [1.29, 1.82) is 0 Å². The highest BCUT2D eigenvalue weighted by molar-refractivity contribution is 6.30. The van der Waals surface area contributed by atoms with Crippen LogP contribution in [0.1, 0.15) is 82.0 Å². The average molecular weight is 556 g/mol. The highest BCUT2D eigenvalue weighted by Gasteiger charge is 2.45. The van der Waals surface area contributed by atoms with Gasteiger partial charge in [-0.05, 0) is 112 Å². The first-order chi connectivity index (χ1) is 18.7. The fourth-order valence-corrected chi connectivity index (χ4v) is 7.16. The number of rotatable bonds is 7. The van der Waals surface area contributed by atoms with Crippen molar-refractivity contribution in [3.8, 4) is 11.5 Å². The Labute approximate surface area is 237 Å². The zero-order valence-electron chi connectivity index (χ0n) is 23.6. The van der Waals surface area contributed by atoms with Gasteiger partial charge in [-0.3, -0.25) is 4.79 Å². The molecule has 1 saturated carbocycles. The molecule has 7 heteroatoms. The Balaban J connectivity index is 1.46. The summed E-state index contributed by atoms with van der Waals surface area (Å²) in [5, 5.41) is 12.2. The maximum Gasteiger partial charge on any atom is 0.228 e. The Morgan fingerprint density at radius 1 is 1.00 bits per heavy atom. The van der Waals surface area contributed by atoms with Gasteiger partial charge in [0.05, 0.1) is 31.3 Å². The van der Waals surface area contributed by atoms with Crippen LogP contribution >= 0.6 is 11.6 Å². The third kappa shape index (κ3) is 5.79. The first-order valence-electron chi connectivity index (χ1n) is 14.4. The van der Waals surface area contributed by atoms with Crippen molar-refractivity contribution in [2.24, 2.45) is 11.8 Å². The lowest BCUT2D eigenvalue weighted by Crippen LogP contribution is -2.51. The number of carbonyl (C=O) groups is 1. The Morgan fingerprint density at radius 2 is 1.64 bits per heavy atom. The van der Waals surface area contributed by atoms with E-state index in [-0.39, 0.29) is 35.9 Å². The number of aliphatic hydroxyl groups is 1. The monoisotopic (exact) mass is 555 g/mol. The topological polar surface area (TPSA) is 68.2 Å². The van der Waals surface area contributed by atoms with Crippen LogP contribution in [0.3, 0.4) is 0 Å². The molecule has 3 aliphatic rings. The number of halogens is 1. The lowest BCUT2D eigenvalue weighted by Gasteiger charge is -2.48. The second-order valence-corrected chi connectivity index (χ2v) is 12.4. The molecule has 0 radical (unpaired) electrons. The van der Waals surface area contributed by atoms with Crippen molar-refractivity contribution in [2.75, 3.05) is 20.3 Å². The summed E-state index contributed by atoms with van der Waals surface area (Å²) in [4.78, 5) is 16.0. The van der Waals surface area contributed by atoms with Gasteiger partial charge < -0.3 is 24.2 Å². The molecule has 5 rings (SSSR count). The SMILES string of the molecule is COc1cc2c(cc1OC(C)C)C(c1ccc(Cl)cc1)N(C1CCC([C@@](C)(O)C3CCOCC3)CC1)C(=O)C2. The molecule has 0 aromatic heterocycles. The van der Waals surface area contributed by atoms with Crippen molar-refractivity contribution in [3.05, 3.63) is 58.1 Å². The van der Waals surface area contributed by atoms with Crippen molar-refractivity contribution in [1.82, 2.24) is 4.90 Å². The van der Waals surface area contributed by atoms with Gasteiger partial charge in [0.15, 0.2) is 11.5 Å². The van der Waals surface area contributed by atoms with Gasteiger partial charge in [-0.15, -0.1) is 0 Å². The molecule has 1 amide bonds. The molecule has 2 aliphatic heterocycles. The van der Waals surface area contributed by atoms with Crippen LogP contribution in [-0.2, 0) is 16.0 Å². The number of hydrogen-bond acceptors (Lipinski definition) is 5. The van der Waals surface area contributed by atoms with Gasteiger partial charge in [0.1, 0.15) is 0 Å². The van der Waals surface area contributed by atoms with E-state index in [2.05, 4.69) is 11.0 Å². The first kappa shape index (κ1) is 28.3. The molecule has 2 aromatic carbocycles. The lowest BCUT2D eigenvalue weighted by atomic mass is 9.68. The highest BCUT2D eigenvalue weighted by Crippen LogP contribution is 2.47. The normalized spacial score (nSPS) is 25.8. The van der Waals surface area contributed by atoms with Crippen LogP contribution in [0.4, 0.5) is 0 Å². The summed E-state index contributed by atoms with van der Waals surface area (Å²) in [5.74, 6) is 1.97. The molecule has 39 heavy (non-hydrogen) atoms. The lowest BCUT2D eigenvalue weighted by molar-refractivity contribution is -0.139. The van der Waals surface area contributed by atoms with Crippen molar-refractivity contribution < 1.29 is 24.1 Å². The second kappa shape index (κ2) is 11.7. The molecule has 2 atom stereocenters. The van der Waals surface area contributed by atoms with Gasteiger partial charge in [-0.1, -0.05) is 23.7 Å². The van der Waals surface area contributed by atoms with Crippen molar-refractivity contribution in [2.45, 2.75) is 89.5 Å². The summed E-state index contributed by atoms with van der Waals surface area (Å²) in [6.07, 6.45) is 5.71. The number of amides is 1. The molecular weight excluding hydrogens is 514 g/mol. The molecule has 0 spiro atoms. The largest absolute Gasteiger partial charge is 0.493 e. The minimum Gasteiger partial charge on any atom is -0.493 e. The van der Waals surface area contributed by atoms with Gasteiger partial charge >= 0.3 is 0 Å². The molecule has 2 aromatic rings. The van der Waals surface area contributed by atoms with Crippen LogP contribution in [-0.4, -0.2) is 54.0 Å². The summed E-state index contributed by atoms with van der Waals surface area (Å²) >= 11 is 6.26. The predicted octanol–water partition coefficient (Wildman–Crippen LogP) is 6.35. The van der Waals surface area contributed by atoms with Crippen LogP contribution < -0.4 is 9.47 Å². The number of fused-ring (bicyclic) bond motifs is 1. The third-order valence-electron chi connectivity index (χ3n) is 9.14. The molecule has 6 nitrogen and oxygen atoms in total. The Hall–Kier alpha value is -2.28. The smallest absolute Gasteiger partial charge is 0.228 e. The second-order valence-electron chi connectivity index (χ2n) is 11.9. The molecule has 1 unspecified atom stereocenters. The molecule has 2 fully saturated rings. The maximum absolute atomic E-state index is 13.9. The van der Waals surface area contributed by atoms with E-state index in [0.717, 1.165) is 68.4 Å². The first-order valence-corrected chi connectivity index (χ1v) is 14.8. The average Bonchev–Trinajstić information content (AvgIpc) is 2.93. The molecule has 1 aliphatic carbocycles. The quantitative estimate of drug-likeness (QED) is 0.431. The fraction of sp³-hybridized carbons (Fsp3) is 0.594. The Morgan fingerprint density at radius 3 is 2.26 bits per heavy atom.